The molecule has 0 saturated carbocycles. The highest BCUT2D eigenvalue weighted by Gasteiger charge is 2.04. The van der Waals surface area contributed by atoms with Gasteiger partial charge in [-0.05, 0) is 25.1 Å². The summed E-state index contributed by atoms with van der Waals surface area (Å²) < 4.78 is 30.9. The molecule has 0 saturated heterocycles. The normalized spacial score (nSPS) is 10.8. The van der Waals surface area contributed by atoms with E-state index in [1.54, 1.807) is 0 Å². The van der Waals surface area contributed by atoms with Gasteiger partial charge in [0, 0.05) is 12.1 Å². The van der Waals surface area contributed by atoms with Crippen LogP contribution in [0.5, 0.6) is 5.75 Å². The molecular formula is C12H17F2NO. The number of halogens is 2. The molecule has 0 spiro atoms. The van der Waals surface area contributed by atoms with Crippen LogP contribution in [-0.4, -0.2) is 19.2 Å². The van der Waals surface area contributed by atoms with Crippen LogP contribution in [0.1, 0.15) is 20.3 Å². The fourth-order valence-corrected chi connectivity index (χ4v) is 1.24. The first-order valence-electron chi connectivity index (χ1n) is 5.41. The van der Waals surface area contributed by atoms with Crippen LogP contribution < -0.4 is 10.1 Å². The van der Waals surface area contributed by atoms with Crippen LogP contribution >= 0.6 is 0 Å². The summed E-state index contributed by atoms with van der Waals surface area (Å²) in [6, 6.07) is 3.75. The van der Waals surface area contributed by atoms with Gasteiger partial charge < -0.3 is 10.1 Å². The lowest BCUT2D eigenvalue weighted by atomic mass is 10.3. The van der Waals surface area contributed by atoms with E-state index in [-0.39, 0.29) is 5.75 Å². The van der Waals surface area contributed by atoms with E-state index in [1.165, 1.54) is 12.1 Å². The molecule has 0 radical (unpaired) electrons. The lowest BCUT2D eigenvalue weighted by Crippen LogP contribution is -2.24. The van der Waals surface area contributed by atoms with Gasteiger partial charge in [-0.3, -0.25) is 0 Å². The molecule has 1 aromatic carbocycles. The average molecular weight is 229 g/mol. The van der Waals surface area contributed by atoms with Crippen LogP contribution in [0.4, 0.5) is 8.78 Å². The quantitative estimate of drug-likeness (QED) is 0.757. The Morgan fingerprint density at radius 2 is 2.06 bits per heavy atom. The Hall–Kier alpha value is -1.16. The zero-order chi connectivity index (χ0) is 12.0. The maximum absolute atomic E-state index is 13.1. The molecule has 0 fully saturated rings. The second-order valence-electron chi connectivity index (χ2n) is 3.89. The topological polar surface area (TPSA) is 21.3 Å². The SMILES string of the molecule is CC(C)NCCCOc1ccc(F)cc1F. The van der Waals surface area contributed by atoms with Crippen molar-refractivity contribution in [2.24, 2.45) is 0 Å². The Kier molecular flexibility index (Phi) is 5.19. The maximum Gasteiger partial charge on any atom is 0.167 e. The van der Waals surface area contributed by atoms with Gasteiger partial charge in [-0.25, -0.2) is 8.78 Å². The summed E-state index contributed by atoms with van der Waals surface area (Å²) in [5.41, 5.74) is 0. The first-order valence-corrected chi connectivity index (χ1v) is 5.41. The Balaban J connectivity index is 2.27. The van der Waals surface area contributed by atoms with Gasteiger partial charge in [0.05, 0.1) is 6.61 Å². The average Bonchev–Trinajstić information content (AvgIpc) is 2.20. The Labute approximate surface area is 94.6 Å². The Morgan fingerprint density at radius 1 is 1.31 bits per heavy atom. The summed E-state index contributed by atoms with van der Waals surface area (Å²) in [6.45, 7) is 5.35. The fourth-order valence-electron chi connectivity index (χ4n) is 1.24. The molecule has 1 aromatic rings. The number of ether oxygens (including phenoxy) is 1. The molecule has 0 aliphatic carbocycles. The molecule has 1 N–H and O–H groups in total. The second kappa shape index (κ2) is 6.43. The lowest BCUT2D eigenvalue weighted by Gasteiger charge is -2.09. The molecule has 4 heteroatoms. The molecule has 16 heavy (non-hydrogen) atoms. The van der Waals surface area contributed by atoms with Crippen molar-refractivity contribution in [1.29, 1.82) is 0 Å². The minimum atomic E-state index is -0.656. The van der Waals surface area contributed by atoms with Crippen molar-refractivity contribution in [2.75, 3.05) is 13.2 Å². The van der Waals surface area contributed by atoms with Gasteiger partial charge in [0.15, 0.2) is 11.6 Å². The number of hydrogen-bond donors (Lipinski definition) is 1. The van der Waals surface area contributed by atoms with E-state index >= 15 is 0 Å². The van der Waals surface area contributed by atoms with Crippen molar-refractivity contribution in [3.8, 4) is 5.75 Å². The summed E-state index contributed by atoms with van der Waals surface area (Å²) >= 11 is 0. The summed E-state index contributed by atoms with van der Waals surface area (Å²) in [7, 11) is 0. The molecule has 0 unspecified atom stereocenters. The van der Waals surface area contributed by atoms with Crippen LogP contribution in [0.3, 0.4) is 0 Å². The molecule has 90 valence electrons. The lowest BCUT2D eigenvalue weighted by molar-refractivity contribution is 0.291. The third-order valence-corrected chi connectivity index (χ3v) is 2.03. The van der Waals surface area contributed by atoms with E-state index in [9.17, 15) is 8.78 Å². The highest BCUT2D eigenvalue weighted by Crippen LogP contribution is 2.17. The van der Waals surface area contributed by atoms with Crippen LogP contribution in [0, 0.1) is 11.6 Å². The minimum Gasteiger partial charge on any atom is -0.490 e. The predicted molar refractivity (Wildman–Crippen MR) is 59.6 cm³/mol. The van der Waals surface area contributed by atoms with Gasteiger partial charge in [-0.2, -0.15) is 0 Å². The smallest absolute Gasteiger partial charge is 0.167 e. The molecule has 0 aliphatic rings. The number of nitrogens with one attached hydrogen (secondary N) is 1. The zero-order valence-electron chi connectivity index (χ0n) is 9.59. The molecular weight excluding hydrogens is 212 g/mol. The second-order valence-corrected chi connectivity index (χ2v) is 3.89. The van der Waals surface area contributed by atoms with E-state index in [4.69, 9.17) is 4.74 Å². The van der Waals surface area contributed by atoms with Crippen LogP contribution in [0.25, 0.3) is 0 Å². The van der Waals surface area contributed by atoms with Gasteiger partial charge in [0.25, 0.3) is 0 Å². The number of hydrogen-bond acceptors (Lipinski definition) is 2. The number of rotatable bonds is 6. The first-order chi connectivity index (χ1) is 7.59. The molecule has 0 atom stereocenters. The van der Waals surface area contributed by atoms with Crippen molar-refractivity contribution >= 4 is 0 Å². The van der Waals surface area contributed by atoms with Gasteiger partial charge in [-0.15, -0.1) is 0 Å². The summed E-state index contributed by atoms with van der Waals surface area (Å²) in [6.07, 6.45) is 0.787. The minimum absolute atomic E-state index is 0.103. The van der Waals surface area contributed by atoms with Crippen molar-refractivity contribution in [2.45, 2.75) is 26.3 Å². The maximum atomic E-state index is 13.1. The largest absolute Gasteiger partial charge is 0.490 e. The van der Waals surface area contributed by atoms with Crippen molar-refractivity contribution in [1.82, 2.24) is 5.32 Å². The molecule has 0 bridgehead atoms. The highest BCUT2D eigenvalue weighted by atomic mass is 19.1. The van der Waals surface area contributed by atoms with E-state index in [0.717, 1.165) is 19.0 Å². The van der Waals surface area contributed by atoms with E-state index in [2.05, 4.69) is 19.2 Å². The standard InChI is InChI=1S/C12H17F2NO/c1-9(2)15-6-3-7-16-12-5-4-10(13)8-11(12)14/h4-5,8-9,15H,3,6-7H2,1-2H3. The molecule has 1 rings (SSSR count). The Bertz CT molecular complexity index is 329. The summed E-state index contributed by atoms with van der Waals surface area (Å²) in [5, 5.41) is 3.22. The molecule has 0 amide bonds. The van der Waals surface area contributed by atoms with Gasteiger partial charge in [0.1, 0.15) is 5.82 Å². The third-order valence-electron chi connectivity index (χ3n) is 2.03. The van der Waals surface area contributed by atoms with Crippen LogP contribution in [-0.2, 0) is 0 Å². The first kappa shape index (κ1) is 12.9. The van der Waals surface area contributed by atoms with E-state index in [1.807, 2.05) is 0 Å². The summed E-state index contributed by atoms with van der Waals surface area (Å²) in [4.78, 5) is 0. The van der Waals surface area contributed by atoms with Gasteiger partial charge >= 0.3 is 0 Å². The van der Waals surface area contributed by atoms with Gasteiger partial charge in [-0.1, -0.05) is 13.8 Å². The van der Waals surface area contributed by atoms with Crippen LogP contribution in [0.15, 0.2) is 18.2 Å². The van der Waals surface area contributed by atoms with Crippen molar-refractivity contribution < 1.29 is 13.5 Å². The third kappa shape index (κ3) is 4.57. The number of benzene rings is 1. The zero-order valence-corrected chi connectivity index (χ0v) is 9.59. The Morgan fingerprint density at radius 3 is 2.69 bits per heavy atom. The highest BCUT2D eigenvalue weighted by molar-refractivity contribution is 5.24. The van der Waals surface area contributed by atoms with Crippen molar-refractivity contribution in [3.63, 3.8) is 0 Å². The van der Waals surface area contributed by atoms with Crippen molar-refractivity contribution in [3.05, 3.63) is 29.8 Å². The molecule has 0 aliphatic heterocycles. The van der Waals surface area contributed by atoms with E-state index in [0.29, 0.717) is 12.6 Å². The molecule has 0 aromatic heterocycles. The monoisotopic (exact) mass is 229 g/mol. The fraction of sp³-hybridized carbons (Fsp3) is 0.500. The predicted octanol–water partition coefficient (Wildman–Crippen LogP) is 2.73. The van der Waals surface area contributed by atoms with E-state index < -0.39 is 11.6 Å². The van der Waals surface area contributed by atoms with Crippen LogP contribution in [0.2, 0.25) is 0 Å². The molecule has 2 nitrogen and oxygen atoms in total. The molecule has 0 heterocycles. The summed E-state index contributed by atoms with van der Waals surface area (Å²) in [5.74, 6) is -1.14. The van der Waals surface area contributed by atoms with Gasteiger partial charge in [0.2, 0.25) is 0 Å².